The van der Waals surface area contributed by atoms with Gasteiger partial charge in [0.2, 0.25) is 5.91 Å². The summed E-state index contributed by atoms with van der Waals surface area (Å²) >= 11 is 0. The minimum Gasteiger partial charge on any atom is -0.341 e. The Morgan fingerprint density at radius 2 is 2.22 bits per heavy atom. The number of nitro benzene ring substituents is 1. The van der Waals surface area contributed by atoms with Crippen LogP contribution < -0.4 is 10.6 Å². The van der Waals surface area contributed by atoms with Gasteiger partial charge in [0.05, 0.1) is 4.92 Å². The van der Waals surface area contributed by atoms with Gasteiger partial charge >= 0.3 is 0 Å². The summed E-state index contributed by atoms with van der Waals surface area (Å²) in [4.78, 5) is 36.5. The van der Waals surface area contributed by atoms with Gasteiger partial charge in [0.15, 0.2) is 0 Å². The molecule has 124 valence electrons. The average molecular weight is 320 g/mol. The van der Waals surface area contributed by atoms with E-state index in [1.165, 1.54) is 24.3 Å². The molecular weight excluding hydrogens is 300 g/mol. The maximum atomic E-state index is 12.4. The Kier molecular flexibility index (Phi) is 5.28. The Morgan fingerprint density at radius 1 is 1.48 bits per heavy atom. The molecule has 1 fully saturated rings. The van der Waals surface area contributed by atoms with Crippen molar-refractivity contribution < 1.29 is 14.5 Å². The van der Waals surface area contributed by atoms with E-state index in [-0.39, 0.29) is 23.2 Å². The van der Waals surface area contributed by atoms with Crippen LogP contribution in [0, 0.1) is 10.1 Å². The first-order valence-corrected chi connectivity index (χ1v) is 7.46. The van der Waals surface area contributed by atoms with E-state index in [2.05, 4.69) is 10.6 Å². The van der Waals surface area contributed by atoms with E-state index in [1.807, 2.05) is 6.92 Å². The summed E-state index contributed by atoms with van der Waals surface area (Å²) in [6.45, 7) is 5.60. The minimum atomic E-state index is -0.692. The number of carbonyl (C=O) groups excluding carboxylic acids is 2. The largest absolute Gasteiger partial charge is 0.341 e. The third kappa shape index (κ3) is 4.04. The highest BCUT2D eigenvalue weighted by Crippen LogP contribution is 2.13. The lowest BCUT2D eigenvalue weighted by Gasteiger charge is -2.35. The number of benzene rings is 1. The fourth-order valence-corrected chi connectivity index (χ4v) is 2.52. The zero-order valence-corrected chi connectivity index (χ0v) is 13.1. The van der Waals surface area contributed by atoms with Gasteiger partial charge in [-0.2, -0.15) is 0 Å². The number of rotatable bonds is 4. The number of hydrogen-bond acceptors (Lipinski definition) is 5. The Balaban J connectivity index is 2.03. The maximum absolute atomic E-state index is 12.4. The average Bonchev–Trinajstić information content (AvgIpc) is 2.54. The van der Waals surface area contributed by atoms with E-state index in [0.717, 1.165) is 13.1 Å². The number of nitro groups is 1. The summed E-state index contributed by atoms with van der Waals surface area (Å²) in [7, 11) is 0. The number of nitrogens with zero attached hydrogens (tertiary/aromatic N) is 2. The van der Waals surface area contributed by atoms with E-state index in [0.29, 0.717) is 6.54 Å². The van der Waals surface area contributed by atoms with Gasteiger partial charge < -0.3 is 15.5 Å². The van der Waals surface area contributed by atoms with Crippen molar-refractivity contribution in [3.05, 3.63) is 39.9 Å². The van der Waals surface area contributed by atoms with Crippen LogP contribution in [-0.2, 0) is 4.79 Å². The number of non-ortho nitro benzene ring substituents is 1. The molecular formula is C15H20N4O4. The molecule has 1 heterocycles. The van der Waals surface area contributed by atoms with Crippen LogP contribution in [0.25, 0.3) is 0 Å². The van der Waals surface area contributed by atoms with Gasteiger partial charge in [-0.15, -0.1) is 0 Å². The van der Waals surface area contributed by atoms with Crippen molar-refractivity contribution >= 4 is 17.5 Å². The smallest absolute Gasteiger partial charge is 0.270 e. The fraction of sp³-hybridized carbons (Fsp3) is 0.467. The molecule has 1 aromatic rings. The molecule has 0 bridgehead atoms. The zero-order chi connectivity index (χ0) is 17.0. The van der Waals surface area contributed by atoms with E-state index < -0.39 is 16.9 Å². The first-order valence-electron chi connectivity index (χ1n) is 7.46. The lowest BCUT2D eigenvalue weighted by Crippen LogP contribution is -2.57. The van der Waals surface area contributed by atoms with Crippen molar-refractivity contribution in [1.29, 1.82) is 0 Å². The van der Waals surface area contributed by atoms with Crippen molar-refractivity contribution in [3.63, 3.8) is 0 Å². The predicted molar refractivity (Wildman–Crippen MR) is 84.1 cm³/mol. The lowest BCUT2D eigenvalue weighted by atomic mass is 10.1. The van der Waals surface area contributed by atoms with Crippen molar-refractivity contribution in [3.8, 4) is 0 Å². The van der Waals surface area contributed by atoms with Crippen LogP contribution in [0.1, 0.15) is 24.2 Å². The van der Waals surface area contributed by atoms with E-state index >= 15 is 0 Å². The predicted octanol–water partition coefficient (Wildman–Crippen LogP) is 0.533. The molecule has 8 nitrogen and oxygen atoms in total. The van der Waals surface area contributed by atoms with Crippen LogP contribution in [0.2, 0.25) is 0 Å². The molecule has 1 aliphatic rings. The number of carbonyl (C=O) groups is 2. The van der Waals surface area contributed by atoms with Gasteiger partial charge in [-0.05, 0) is 19.9 Å². The molecule has 2 rings (SSSR count). The number of amides is 2. The van der Waals surface area contributed by atoms with E-state index in [9.17, 15) is 19.7 Å². The summed E-state index contributed by atoms with van der Waals surface area (Å²) in [6, 6.07) is 4.80. The maximum Gasteiger partial charge on any atom is 0.270 e. The summed E-state index contributed by atoms with van der Waals surface area (Å²) in [5, 5.41) is 16.6. The van der Waals surface area contributed by atoms with E-state index in [1.54, 1.807) is 11.8 Å². The van der Waals surface area contributed by atoms with Crippen LogP contribution in [0.15, 0.2) is 24.3 Å². The van der Waals surface area contributed by atoms with Crippen LogP contribution >= 0.6 is 0 Å². The summed E-state index contributed by atoms with van der Waals surface area (Å²) in [6.07, 6.45) is 0. The summed E-state index contributed by atoms with van der Waals surface area (Å²) in [5.41, 5.74) is -0.000402. The molecule has 1 aliphatic heterocycles. The molecule has 0 radical (unpaired) electrons. The Labute approximate surface area is 134 Å². The normalized spacial score (nSPS) is 19.0. The molecule has 8 heteroatoms. The number of piperazine rings is 1. The number of hydrogen-bond donors (Lipinski definition) is 2. The Bertz CT molecular complexity index is 619. The molecule has 1 unspecified atom stereocenters. The topological polar surface area (TPSA) is 105 Å². The molecule has 2 atom stereocenters. The Hall–Kier alpha value is -2.48. The molecule has 23 heavy (non-hydrogen) atoms. The third-order valence-corrected chi connectivity index (χ3v) is 3.82. The SMILES string of the molecule is CC(NC(=O)c1cccc([N+](=O)[O-])c1)C(=O)N1CCNC[C@@H]1C. The molecule has 1 aromatic carbocycles. The monoisotopic (exact) mass is 320 g/mol. The van der Waals surface area contributed by atoms with Crippen molar-refractivity contribution in [2.75, 3.05) is 19.6 Å². The first-order chi connectivity index (χ1) is 10.9. The molecule has 1 saturated heterocycles. The second kappa shape index (κ2) is 7.19. The van der Waals surface area contributed by atoms with Gasteiger partial charge in [0.1, 0.15) is 6.04 Å². The highest BCUT2D eigenvalue weighted by atomic mass is 16.6. The lowest BCUT2D eigenvalue weighted by molar-refractivity contribution is -0.384. The van der Waals surface area contributed by atoms with Crippen LogP contribution in [0.4, 0.5) is 5.69 Å². The van der Waals surface area contributed by atoms with Crippen molar-refractivity contribution in [1.82, 2.24) is 15.5 Å². The van der Waals surface area contributed by atoms with Crippen LogP contribution in [0.5, 0.6) is 0 Å². The van der Waals surface area contributed by atoms with Crippen LogP contribution in [0.3, 0.4) is 0 Å². The van der Waals surface area contributed by atoms with Gasteiger partial charge in [-0.25, -0.2) is 0 Å². The van der Waals surface area contributed by atoms with Gasteiger partial charge in [-0.1, -0.05) is 6.07 Å². The molecule has 0 saturated carbocycles. The molecule has 2 N–H and O–H groups in total. The highest BCUT2D eigenvalue weighted by molar-refractivity contribution is 5.97. The summed E-state index contributed by atoms with van der Waals surface area (Å²) in [5.74, 6) is -0.657. The Morgan fingerprint density at radius 3 is 2.87 bits per heavy atom. The quantitative estimate of drug-likeness (QED) is 0.622. The fourth-order valence-electron chi connectivity index (χ4n) is 2.52. The molecule has 0 aromatic heterocycles. The van der Waals surface area contributed by atoms with Crippen molar-refractivity contribution in [2.24, 2.45) is 0 Å². The minimum absolute atomic E-state index is 0.0633. The van der Waals surface area contributed by atoms with Gasteiger partial charge in [-0.3, -0.25) is 19.7 Å². The third-order valence-electron chi connectivity index (χ3n) is 3.82. The standard InChI is InChI=1S/C15H20N4O4/c1-10-9-16-6-7-18(10)15(21)11(2)17-14(20)12-4-3-5-13(8-12)19(22)23/h3-5,8,10-11,16H,6-7,9H2,1-2H3,(H,17,20)/t10-,11?/m0/s1. The van der Waals surface area contributed by atoms with Gasteiger partial charge in [0, 0.05) is 43.4 Å². The van der Waals surface area contributed by atoms with E-state index in [4.69, 9.17) is 0 Å². The molecule has 0 aliphatic carbocycles. The van der Waals surface area contributed by atoms with Crippen molar-refractivity contribution in [2.45, 2.75) is 25.9 Å². The molecule has 2 amide bonds. The molecule has 0 spiro atoms. The second-order valence-electron chi connectivity index (χ2n) is 5.59. The second-order valence-corrected chi connectivity index (χ2v) is 5.59. The van der Waals surface area contributed by atoms with Gasteiger partial charge in [0.25, 0.3) is 11.6 Å². The number of nitrogens with one attached hydrogen (secondary N) is 2. The highest BCUT2D eigenvalue weighted by Gasteiger charge is 2.28. The zero-order valence-electron chi connectivity index (χ0n) is 13.1. The first kappa shape index (κ1) is 16.9. The summed E-state index contributed by atoms with van der Waals surface area (Å²) < 4.78 is 0. The van der Waals surface area contributed by atoms with Crippen LogP contribution in [-0.4, -0.2) is 53.4 Å².